The van der Waals surface area contributed by atoms with Crippen LogP contribution in [0, 0.1) is 6.92 Å². The van der Waals surface area contributed by atoms with Crippen LogP contribution in [0.2, 0.25) is 0 Å². The van der Waals surface area contributed by atoms with Gasteiger partial charge in [0.1, 0.15) is 0 Å². The first-order valence-electron chi connectivity index (χ1n) is 9.37. The lowest BCUT2D eigenvalue weighted by molar-refractivity contribution is -0.123. The number of hydrogen-bond acceptors (Lipinski definition) is 7. The van der Waals surface area contributed by atoms with Crippen molar-refractivity contribution in [3.05, 3.63) is 82.3 Å². The normalized spacial score (nSPS) is 12.1. The van der Waals surface area contributed by atoms with Crippen molar-refractivity contribution < 1.29 is 22.7 Å². The van der Waals surface area contributed by atoms with E-state index in [1.54, 1.807) is 31.2 Å². The molecule has 3 rings (SSSR count). The van der Waals surface area contributed by atoms with Crippen molar-refractivity contribution in [1.29, 1.82) is 0 Å². The summed E-state index contributed by atoms with van der Waals surface area (Å²) in [6.07, 6.45) is -1.30. The van der Waals surface area contributed by atoms with Crippen molar-refractivity contribution >= 4 is 27.6 Å². The Hall–Kier alpha value is -3.83. The van der Waals surface area contributed by atoms with Crippen LogP contribution >= 0.6 is 0 Å². The Balaban J connectivity index is 1.77. The molecule has 1 aromatic heterocycles. The summed E-state index contributed by atoms with van der Waals surface area (Å²) in [5.74, 6) is -1.80. The van der Waals surface area contributed by atoms with Gasteiger partial charge in [-0.25, -0.2) is 23.0 Å². The maximum absolute atomic E-state index is 12.5. The first-order chi connectivity index (χ1) is 15.1. The van der Waals surface area contributed by atoms with Gasteiger partial charge in [-0.2, -0.15) is 5.10 Å². The molecule has 10 nitrogen and oxygen atoms in total. The number of amides is 1. The van der Waals surface area contributed by atoms with Gasteiger partial charge in [0.15, 0.2) is 6.10 Å². The second-order valence-corrected chi connectivity index (χ2v) is 8.42. The molecule has 2 aromatic carbocycles. The summed E-state index contributed by atoms with van der Waals surface area (Å²) in [6, 6.07) is 15.4. The van der Waals surface area contributed by atoms with Gasteiger partial charge in [0, 0.05) is 17.4 Å². The molecule has 1 heterocycles. The van der Waals surface area contributed by atoms with Crippen molar-refractivity contribution in [2.24, 2.45) is 5.14 Å². The van der Waals surface area contributed by atoms with Crippen LogP contribution < -0.4 is 15.9 Å². The summed E-state index contributed by atoms with van der Waals surface area (Å²) in [5, 5.41) is 11.6. The van der Waals surface area contributed by atoms with Gasteiger partial charge in [-0.15, -0.1) is 0 Å². The summed E-state index contributed by atoms with van der Waals surface area (Å²) in [5.41, 5.74) is 0.172. The van der Waals surface area contributed by atoms with Gasteiger partial charge < -0.3 is 10.1 Å². The third-order valence-corrected chi connectivity index (χ3v) is 5.30. The van der Waals surface area contributed by atoms with Gasteiger partial charge in [0.05, 0.1) is 10.6 Å². The van der Waals surface area contributed by atoms with Crippen LogP contribution in [0.25, 0.3) is 5.69 Å². The number of anilines is 1. The van der Waals surface area contributed by atoms with E-state index in [1.807, 2.05) is 6.07 Å². The van der Waals surface area contributed by atoms with Crippen molar-refractivity contribution in [2.75, 3.05) is 5.32 Å². The number of carbonyl (C=O) groups excluding carboxylic acids is 2. The number of primary sulfonamides is 1. The number of rotatable bonds is 6. The lowest BCUT2D eigenvalue weighted by atomic mass is 10.2. The van der Waals surface area contributed by atoms with Gasteiger partial charge in [-0.05, 0) is 44.2 Å². The highest BCUT2D eigenvalue weighted by Gasteiger charge is 2.23. The van der Waals surface area contributed by atoms with E-state index >= 15 is 0 Å². The summed E-state index contributed by atoms with van der Waals surface area (Å²) in [6.45, 7) is 2.98. The third kappa shape index (κ3) is 5.25. The Labute approximate surface area is 183 Å². The SMILES string of the molecule is Cc1cc(=O)c(C(=O)OC(C)C(=O)Nc2cccc(S(N)(=O)=O)c2)nn1-c1ccccc1. The molecule has 0 saturated carbocycles. The molecule has 0 fully saturated rings. The van der Waals surface area contributed by atoms with Crippen LogP contribution in [0.15, 0.2) is 70.4 Å². The summed E-state index contributed by atoms with van der Waals surface area (Å²) in [4.78, 5) is 37.0. The molecule has 1 unspecified atom stereocenters. The minimum atomic E-state index is -3.95. The Kier molecular flexibility index (Phi) is 6.51. The lowest BCUT2D eigenvalue weighted by Gasteiger charge is -2.15. The number of hydrogen-bond donors (Lipinski definition) is 2. The van der Waals surface area contributed by atoms with Crippen LogP contribution in [0.4, 0.5) is 5.69 Å². The van der Waals surface area contributed by atoms with Crippen LogP contribution in [-0.4, -0.2) is 36.2 Å². The van der Waals surface area contributed by atoms with Gasteiger partial charge in [-0.1, -0.05) is 24.3 Å². The number of para-hydroxylation sites is 1. The number of carbonyl (C=O) groups is 2. The van der Waals surface area contributed by atoms with E-state index in [9.17, 15) is 22.8 Å². The molecule has 0 radical (unpaired) electrons. The predicted octanol–water partition coefficient (Wildman–Crippen LogP) is 1.37. The molecule has 0 aliphatic carbocycles. The molecule has 3 aromatic rings. The lowest BCUT2D eigenvalue weighted by Crippen LogP contribution is -2.32. The summed E-state index contributed by atoms with van der Waals surface area (Å²) in [7, 11) is -3.95. The highest BCUT2D eigenvalue weighted by atomic mass is 32.2. The molecule has 0 saturated heterocycles. The smallest absolute Gasteiger partial charge is 0.363 e. The van der Waals surface area contributed by atoms with E-state index in [0.29, 0.717) is 11.4 Å². The highest BCUT2D eigenvalue weighted by molar-refractivity contribution is 7.89. The summed E-state index contributed by atoms with van der Waals surface area (Å²) >= 11 is 0. The number of ether oxygens (including phenoxy) is 1. The Morgan fingerprint density at radius 3 is 2.44 bits per heavy atom. The monoisotopic (exact) mass is 456 g/mol. The first-order valence-corrected chi connectivity index (χ1v) is 10.9. The number of sulfonamides is 1. The average Bonchev–Trinajstić information content (AvgIpc) is 2.74. The predicted molar refractivity (Wildman–Crippen MR) is 116 cm³/mol. The number of aromatic nitrogens is 2. The van der Waals surface area contributed by atoms with Crippen LogP contribution in [0.5, 0.6) is 0 Å². The second kappa shape index (κ2) is 9.12. The van der Waals surface area contributed by atoms with E-state index in [1.165, 1.54) is 41.9 Å². The van der Waals surface area contributed by atoms with Crippen LogP contribution in [0.3, 0.4) is 0 Å². The molecule has 1 amide bonds. The number of nitrogens with two attached hydrogens (primary N) is 1. The molecule has 0 aliphatic heterocycles. The maximum Gasteiger partial charge on any atom is 0.363 e. The second-order valence-electron chi connectivity index (χ2n) is 6.86. The fourth-order valence-electron chi connectivity index (χ4n) is 2.78. The van der Waals surface area contributed by atoms with Crippen molar-refractivity contribution in [1.82, 2.24) is 9.78 Å². The minimum Gasteiger partial charge on any atom is -0.448 e. The third-order valence-electron chi connectivity index (χ3n) is 4.38. The molecule has 11 heteroatoms. The molecule has 0 bridgehead atoms. The van der Waals surface area contributed by atoms with E-state index in [-0.39, 0.29) is 10.6 Å². The van der Waals surface area contributed by atoms with Crippen LogP contribution in [0.1, 0.15) is 23.1 Å². The van der Waals surface area contributed by atoms with Crippen LogP contribution in [-0.2, 0) is 19.6 Å². The highest BCUT2D eigenvalue weighted by Crippen LogP contribution is 2.15. The number of aryl methyl sites for hydroxylation is 1. The van der Waals surface area contributed by atoms with E-state index in [4.69, 9.17) is 9.88 Å². The molecular weight excluding hydrogens is 436 g/mol. The maximum atomic E-state index is 12.5. The fraction of sp³-hybridized carbons (Fsp3) is 0.143. The van der Waals surface area contributed by atoms with E-state index < -0.39 is 39.1 Å². The number of benzene rings is 2. The molecule has 3 N–H and O–H groups in total. The standard InChI is InChI=1S/C21H20N4O6S/c1-13-11-18(26)19(24-25(13)16-8-4-3-5-9-16)21(28)31-14(2)20(27)23-15-7-6-10-17(12-15)32(22,29)30/h3-12,14H,1-2H3,(H,23,27)(H2,22,29,30). The quantitative estimate of drug-likeness (QED) is 0.532. The molecule has 166 valence electrons. The molecular formula is C21H20N4O6S. The van der Waals surface area contributed by atoms with Gasteiger partial charge >= 0.3 is 5.97 Å². The van der Waals surface area contributed by atoms with Gasteiger partial charge in [0.2, 0.25) is 21.1 Å². The van der Waals surface area contributed by atoms with Crippen molar-refractivity contribution in [3.8, 4) is 5.69 Å². The van der Waals surface area contributed by atoms with E-state index in [2.05, 4.69) is 10.4 Å². The zero-order valence-corrected chi connectivity index (χ0v) is 18.0. The fourth-order valence-corrected chi connectivity index (χ4v) is 3.34. The largest absolute Gasteiger partial charge is 0.448 e. The number of nitrogens with zero attached hydrogens (tertiary/aromatic N) is 2. The Morgan fingerprint density at radius 2 is 1.78 bits per heavy atom. The summed E-state index contributed by atoms with van der Waals surface area (Å²) < 4.78 is 29.4. The van der Waals surface area contributed by atoms with Gasteiger partial charge in [-0.3, -0.25) is 9.59 Å². The average molecular weight is 456 g/mol. The minimum absolute atomic E-state index is 0.143. The van der Waals surface area contributed by atoms with Crippen molar-refractivity contribution in [3.63, 3.8) is 0 Å². The molecule has 1 atom stereocenters. The van der Waals surface area contributed by atoms with E-state index in [0.717, 1.165) is 0 Å². The first kappa shape index (κ1) is 22.8. The molecule has 0 aliphatic rings. The topological polar surface area (TPSA) is 150 Å². The number of nitrogens with one attached hydrogen (secondary N) is 1. The Morgan fingerprint density at radius 1 is 1.09 bits per heavy atom. The number of esters is 1. The van der Waals surface area contributed by atoms with Gasteiger partial charge in [0.25, 0.3) is 5.91 Å². The Bertz CT molecular complexity index is 1340. The zero-order chi connectivity index (χ0) is 23.5. The zero-order valence-electron chi connectivity index (χ0n) is 17.2. The molecule has 32 heavy (non-hydrogen) atoms. The van der Waals surface area contributed by atoms with Crippen molar-refractivity contribution in [2.45, 2.75) is 24.8 Å². The molecule has 0 spiro atoms.